The van der Waals surface area contributed by atoms with Crippen molar-refractivity contribution in [2.24, 2.45) is 5.92 Å². The lowest BCUT2D eigenvalue weighted by atomic mass is 9.75. The van der Waals surface area contributed by atoms with Gasteiger partial charge in [0.05, 0.1) is 45.1 Å². The first kappa shape index (κ1) is 32.9. The Bertz CT molecular complexity index is 2120. The number of piperidine rings is 1. The molecule has 1 saturated carbocycles. The van der Waals surface area contributed by atoms with E-state index in [1.807, 2.05) is 4.90 Å². The Morgan fingerprint density at radius 1 is 1.06 bits per heavy atom. The van der Waals surface area contributed by atoms with Crippen molar-refractivity contribution < 1.29 is 37.1 Å². The SMILES string of the molecule is N#Cc1c(C#CC2CN(c3ccc4c(c3)C(=O)N(C3CCC(=O)NC3=O)C4=O)C2)cnn1C1(C(=O)Nc2ccc(C(F)(F)F)cc2Cl)CCC1. The molecule has 2 N–H and O–H groups in total. The first-order valence-electron chi connectivity index (χ1n) is 15.6. The molecule has 0 bridgehead atoms. The summed E-state index contributed by atoms with van der Waals surface area (Å²) in [5.74, 6) is 3.13. The Balaban J connectivity index is 1.03. The fourth-order valence-corrected chi connectivity index (χ4v) is 6.79. The lowest BCUT2D eigenvalue weighted by Crippen LogP contribution is -2.54. The van der Waals surface area contributed by atoms with Gasteiger partial charge >= 0.3 is 6.18 Å². The zero-order valence-electron chi connectivity index (χ0n) is 25.9. The van der Waals surface area contributed by atoms with E-state index in [1.54, 1.807) is 18.2 Å². The van der Waals surface area contributed by atoms with Crippen LogP contribution < -0.4 is 15.5 Å². The van der Waals surface area contributed by atoms with Gasteiger partial charge in [-0.15, -0.1) is 0 Å². The molecule has 7 rings (SSSR count). The molecule has 3 fully saturated rings. The van der Waals surface area contributed by atoms with Crippen LogP contribution in [0.2, 0.25) is 5.02 Å². The molecular weight excluding hydrogens is 679 g/mol. The fraction of sp³-hybridized carbons (Fsp3) is 0.324. The van der Waals surface area contributed by atoms with Gasteiger partial charge in [0.2, 0.25) is 11.8 Å². The molecule has 2 aromatic carbocycles. The number of nitriles is 1. The third kappa shape index (κ3) is 5.44. The van der Waals surface area contributed by atoms with E-state index >= 15 is 0 Å². The maximum absolute atomic E-state index is 13.5. The van der Waals surface area contributed by atoms with E-state index in [0.29, 0.717) is 43.6 Å². The number of fused-ring (bicyclic) bond motifs is 1. The number of nitrogens with one attached hydrogen (secondary N) is 2. The van der Waals surface area contributed by atoms with Crippen molar-refractivity contribution in [3.05, 3.63) is 75.6 Å². The van der Waals surface area contributed by atoms with Gasteiger partial charge in [-0.1, -0.05) is 23.4 Å². The highest BCUT2D eigenvalue weighted by Crippen LogP contribution is 2.42. The summed E-state index contributed by atoms with van der Waals surface area (Å²) in [7, 11) is 0. The Morgan fingerprint density at radius 2 is 1.80 bits per heavy atom. The Hall–Kier alpha value is -5.67. The molecule has 12 nitrogen and oxygen atoms in total. The normalized spacial score (nSPS) is 19.9. The van der Waals surface area contributed by atoms with Gasteiger partial charge in [0, 0.05) is 25.2 Å². The number of nitrogens with zero attached hydrogens (tertiary/aromatic N) is 5. The average molecular weight is 704 g/mol. The second-order valence-corrected chi connectivity index (χ2v) is 12.9. The van der Waals surface area contributed by atoms with E-state index < -0.39 is 52.9 Å². The Labute approximate surface area is 287 Å². The second-order valence-electron chi connectivity index (χ2n) is 12.5. The number of hydrogen-bond donors (Lipinski definition) is 2. The van der Waals surface area contributed by atoms with Gasteiger partial charge in [0.25, 0.3) is 17.7 Å². The van der Waals surface area contributed by atoms with Crippen LogP contribution in [0, 0.1) is 29.1 Å². The number of rotatable bonds is 5. The van der Waals surface area contributed by atoms with E-state index in [2.05, 4.69) is 33.6 Å². The van der Waals surface area contributed by atoms with E-state index in [0.717, 1.165) is 23.1 Å². The van der Waals surface area contributed by atoms with Crippen molar-refractivity contribution in [1.82, 2.24) is 20.0 Å². The number of amides is 5. The summed E-state index contributed by atoms with van der Waals surface area (Å²) in [6, 6.07) is 8.52. The van der Waals surface area contributed by atoms with Gasteiger partial charge < -0.3 is 10.2 Å². The second kappa shape index (κ2) is 12.0. The molecule has 0 radical (unpaired) electrons. The van der Waals surface area contributed by atoms with Gasteiger partial charge in [-0.25, -0.2) is 4.68 Å². The molecule has 50 heavy (non-hydrogen) atoms. The number of carbonyl (C=O) groups is 5. The molecule has 3 aliphatic heterocycles. The highest BCUT2D eigenvalue weighted by molar-refractivity contribution is 6.33. The van der Waals surface area contributed by atoms with Crippen molar-refractivity contribution in [2.75, 3.05) is 23.3 Å². The topological polar surface area (TPSA) is 157 Å². The van der Waals surface area contributed by atoms with Gasteiger partial charge in [0.15, 0.2) is 5.69 Å². The molecule has 5 amide bonds. The minimum absolute atomic E-state index is 0.00198. The number of aromatic nitrogens is 2. The number of halogens is 4. The van der Waals surface area contributed by atoms with Crippen molar-refractivity contribution in [2.45, 2.75) is 49.9 Å². The highest BCUT2D eigenvalue weighted by Gasteiger charge is 2.49. The smallest absolute Gasteiger partial charge is 0.369 e. The zero-order chi connectivity index (χ0) is 35.5. The van der Waals surface area contributed by atoms with Crippen LogP contribution in [0.1, 0.15) is 69.6 Å². The molecule has 4 heterocycles. The number of imide groups is 2. The lowest BCUT2D eigenvalue weighted by molar-refractivity contribution is -0.138. The third-order valence-corrected chi connectivity index (χ3v) is 9.82. The summed E-state index contributed by atoms with van der Waals surface area (Å²) < 4.78 is 40.5. The van der Waals surface area contributed by atoms with Crippen LogP contribution >= 0.6 is 11.6 Å². The summed E-state index contributed by atoms with van der Waals surface area (Å²) >= 11 is 6.06. The van der Waals surface area contributed by atoms with E-state index in [1.165, 1.54) is 10.9 Å². The largest absolute Gasteiger partial charge is 0.416 e. The van der Waals surface area contributed by atoms with Crippen molar-refractivity contribution >= 4 is 52.5 Å². The Kier molecular flexibility index (Phi) is 7.91. The zero-order valence-corrected chi connectivity index (χ0v) is 26.7. The number of benzene rings is 2. The van der Waals surface area contributed by atoms with Gasteiger partial charge in [-0.05, 0) is 62.1 Å². The molecule has 1 unspecified atom stereocenters. The van der Waals surface area contributed by atoms with Crippen LogP contribution in [0.25, 0.3) is 0 Å². The standard InChI is InChI=1S/C34H25ClF3N7O5/c35-24-12-20(34(36,37)38)4-7-25(24)41-32(50)33(10-1-11-33)45-27(14-39)19(15-40-45)3-2-18-16-43(17-18)21-5-6-22-23(13-21)31(49)44(30(22)48)26-8-9-28(46)42-29(26)47/h4-7,12-13,15,18,26H,1,8-11,16-17H2,(H,41,50)(H,42,46,47). The molecule has 0 spiro atoms. The summed E-state index contributed by atoms with van der Waals surface area (Å²) in [6.45, 7) is 0.974. The summed E-state index contributed by atoms with van der Waals surface area (Å²) in [5, 5.41) is 18.8. The van der Waals surface area contributed by atoms with Crippen molar-refractivity contribution in [1.29, 1.82) is 5.26 Å². The van der Waals surface area contributed by atoms with Crippen molar-refractivity contribution in [3.63, 3.8) is 0 Å². The molecule has 16 heteroatoms. The first-order valence-corrected chi connectivity index (χ1v) is 16.0. The number of anilines is 2. The molecule has 3 aromatic rings. The molecule has 1 aromatic heterocycles. The first-order chi connectivity index (χ1) is 23.8. The minimum Gasteiger partial charge on any atom is -0.369 e. The maximum Gasteiger partial charge on any atom is 0.416 e. The van der Waals surface area contributed by atoms with E-state index in [4.69, 9.17) is 11.6 Å². The quantitative estimate of drug-likeness (QED) is 0.300. The van der Waals surface area contributed by atoms with E-state index in [9.17, 15) is 42.4 Å². The lowest BCUT2D eigenvalue weighted by Gasteiger charge is -2.40. The van der Waals surface area contributed by atoms with E-state index in [-0.39, 0.29) is 46.3 Å². The highest BCUT2D eigenvalue weighted by atomic mass is 35.5. The van der Waals surface area contributed by atoms with Crippen LogP contribution in [0.3, 0.4) is 0 Å². The number of carbonyl (C=O) groups excluding carboxylic acids is 5. The van der Waals surface area contributed by atoms with Gasteiger partial charge in [-0.3, -0.25) is 34.2 Å². The summed E-state index contributed by atoms with van der Waals surface area (Å²) in [6.07, 6.45) is -1.75. The molecule has 1 aliphatic carbocycles. The fourth-order valence-electron chi connectivity index (χ4n) is 6.57. The molecule has 1 atom stereocenters. The van der Waals surface area contributed by atoms with Crippen LogP contribution in [-0.4, -0.2) is 63.3 Å². The number of alkyl halides is 3. The third-order valence-electron chi connectivity index (χ3n) is 9.51. The number of hydrogen-bond acceptors (Lipinski definition) is 8. The van der Waals surface area contributed by atoms with Crippen LogP contribution in [0.5, 0.6) is 0 Å². The molecule has 4 aliphatic rings. The van der Waals surface area contributed by atoms with Crippen LogP contribution in [-0.2, 0) is 26.1 Å². The molecular formula is C34H25ClF3N7O5. The summed E-state index contributed by atoms with van der Waals surface area (Å²) in [4.78, 5) is 66.4. The Morgan fingerprint density at radius 3 is 2.44 bits per heavy atom. The maximum atomic E-state index is 13.5. The molecule has 2 saturated heterocycles. The predicted molar refractivity (Wildman–Crippen MR) is 170 cm³/mol. The monoisotopic (exact) mass is 703 g/mol. The summed E-state index contributed by atoms with van der Waals surface area (Å²) in [5.41, 5.74) is -0.768. The van der Waals surface area contributed by atoms with Gasteiger partial charge in [0.1, 0.15) is 17.6 Å². The molecule has 254 valence electrons. The average Bonchev–Trinajstić information content (AvgIpc) is 3.54. The van der Waals surface area contributed by atoms with Crippen LogP contribution in [0.4, 0.5) is 24.5 Å². The van der Waals surface area contributed by atoms with Gasteiger partial charge in [-0.2, -0.15) is 23.5 Å². The minimum atomic E-state index is -4.60. The van der Waals surface area contributed by atoms with Crippen molar-refractivity contribution in [3.8, 4) is 17.9 Å². The predicted octanol–water partition coefficient (Wildman–Crippen LogP) is 3.83. The van der Waals surface area contributed by atoms with Crippen LogP contribution in [0.15, 0.2) is 42.6 Å².